The van der Waals surface area contributed by atoms with Gasteiger partial charge in [0, 0.05) is 17.2 Å². The van der Waals surface area contributed by atoms with Crippen molar-refractivity contribution in [2.45, 2.75) is 6.61 Å². The van der Waals surface area contributed by atoms with Gasteiger partial charge < -0.3 is 14.4 Å². The van der Waals surface area contributed by atoms with Crippen molar-refractivity contribution >= 4 is 103 Å². The first-order valence-electron chi connectivity index (χ1n) is 11.1. The van der Waals surface area contributed by atoms with E-state index < -0.39 is 16.8 Å². The zero-order valence-corrected chi connectivity index (χ0v) is 26.0. The van der Waals surface area contributed by atoms with E-state index >= 15 is 0 Å². The summed E-state index contributed by atoms with van der Waals surface area (Å²) in [6, 6.07) is 16.5. The summed E-state index contributed by atoms with van der Waals surface area (Å²) >= 11 is 15.9. The Labute approximate surface area is 261 Å². The first-order valence-corrected chi connectivity index (χ1v) is 14.1. The molecule has 1 fully saturated rings. The van der Waals surface area contributed by atoms with Gasteiger partial charge in [0.15, 0.2) is 5.11 Å². The van der Waals surface area contributed by atoms with Crippen molar-refractivity contribution in [2.75, 3.05) is 18.6 Å². The molecule has 0 saturated carbocycles. The number of methoxy groups -OCH3 is 1. The molecule has 0 radical (unpaired) electrons. The van der Waals surface area contributed by atoms with Crippen molar-refractivity contribution in [1.29, 1.82) is 0 Å². The number of hydrogen-bond acceptors (Lipinski definition) is 7. The standard InChI is InChI=1S/C26H18ClI2N3O6S/c1-37-23(33)13-30-22(25(34)31(26(30)39)18-8-4-17(27)5-9-18)12-16-10-20(28)24(21(29)11-16)38-14-15-2-6-19(7-3-15)32(35)36/h2-12H,13-14H2,1H3/b22-12-. The van der Waals surface area contributed by atoms with Crippen LogP contribution in [0.1, 0.15) is 11.1 Å². The van der Waals surface area contributed by atoms with Crippen LogP contribution in [0.4, 0.5) is 11.4 Å². The van der Waals surface area contributed by atoms with Crippen LogP contribution in [0.25, 0.3) is 6.08 Å². The smallest absolute Gasteiger partial charge is 0.325 e. The third-order valence-corrected chi connectivity index (χ3v) is 7.85. The van der Waals surface area contributed by atoms with Gasteiger partial charge in [-0.3, -0.25) is 24.6 Å². The fourth-order valence-corrected chi connectivity index (χ4v) is 6.28. The summed E-state index contributed by atoms with van der Waals surface area (Å²) in [7, 11) is 1.27. The van der Waals surface area contributed by atoms with Crippen LogP contribution in [0.3, 0.4) is 0 Å². The van der Waals surface area contributed by atoms with Gasteiger partial charge in [-0.15, -0.1) is 0 Å². The van der Waals surface area contributed by atoms with Crippen LogP contribution in [-0.2, 0) is 20.9 Å². The number of anilines is 1. The van der Waals surface area contributed by atoms with E-state index in [1.165, 1.54) is 29.0 Å². The number of ether oxygens (including phenoxy) is 2. The molecular weight excluding hydrogens is 772 g/mol. The van der Waals surface area contributed by atoms with Crippen molar-refractivity contribution in [1.82, 2.24) is 4.90 Å². The summed E-state index contributed by atoms with van der Waals surface area (Å²) in [4.78, 5) is 38.9. The molecule has 3 aromatic carbocycles. The molecule has 9 nitrogen and oxygen atoms in total. The Hall–Kier alpha value is -2.82. The highest BCUT2D eigenvalue weighted by Crippen LogP contribution is 2.33. The summed E-state index contributed by atoms with van der Waals surface area (Å²) in [5.41, 5.74) is 2.23. The summed E-state index contributed by atoms with van der Waals surface area (Å²) in [5.74, 6) is -0.304. The average Bonchev–Trinajstić information content (AvgIpc) is 3.12. The van der Waals surface area contributed by atoms with Gasteiger partial charge in [-0.05, 0) is 123 Å². The van der Waals surface area contributed by atoms with Gasteiger partial charge in [-0.25, -0.2) is 0 Å². The van der Waals surface area contributed by atoms with Gasteiger partial charge in [0.05, 0.1) is 24.9 Å². The SMILES string of the molecule is COC(=O)CN1C(=S)N(c2ccc(Cl)cc2)C(=O)/C1=C/c1cc(I)c(OCc2ccc([N+](=O)[O-])cc2)c(I)c1. The Kier molecular flexibility index (Phi) is 9.40. The maximum Gasteiger partial charge on any atom is 0.325 e. The first kappa shape index (κ1) is 29.2. The predicted molar refractivity (Wildman–Crippen MR) is 168 cm³/mol. The van der Waals surface area contributed by atoms with E-state index in [1.807, 2.05) is 12.1 Å². The number of rotatable bonds is 8. The molecule has 3 aromatic rings. The second-order valence-electron chi connectivity index (χ2n) is 8.12. The van der Waals surface area contributed by atoms with Crippen molar-refractivity contribution < 1.29 is 24.0 Å². The molecule has 4 rings (SSSR count). The lowest BCUT2D eigenvalue weighted by atomic mass is 10.1. The van der Waals surface area contributed by atoms with E-state index in [9.17, 15) is 19.7 Å². The molecule has 0 N–H and O–H groups in total. The minimum Gasteiger partial charge on any atom is -0.487 e. The summed E-state index contributed by atoms with van der Waals surface area (Å²) in [6.07, 6.45) is 1.66. The van der Waals surface area contributed by atoms with E-state index in [0.717, 1.165) is 12.7 Å². The molecule has 39 heavy (non-hydrogen) atoms. The Morgan fingerprint density at radius 2 is 1.72 bits per heavy atom. The van der Waals surface area contributed by atoms with Gasteiger partial charge in [0.25, 0.3) is 11.6 Å². The normalized spacial score (nSPS) is 14.2. The zero-order chi connectivity index (χ0) is 28.3. The highest BCUT2D eigenvalue weighted by Gasteiger charge is 2.40. The third kappa shape index (κ3) is 6.67. The van der Waals surface area contributed by atoms with Gasteiger partial charge in [0.2, 0.25) is 0 Å². The molecule has 1 amide bonds. The fourth-order valence-electron chi connectivity index (χ4n) is 3.67. The molecule has 0 spiro atoms. The Morgan fingerprint density at radius 1 is 1.10 bits per heavy atom. The lowest BCUT2D eigenvalue weighted by molar-refractivity contribution is -0.384. The van der Waals surface area contributed by atoms with Crippen molar-refractivity contribution in [3.8, 4) is 5.75 Å². The third-order valence-electron chi connectivity index (χ3n) is 5.59. The van der Waals surface area contributed by atoms with Crippen LogP contribution in [-0.4, -0.2) is 40.5 Å². The van der Waals surface area contributed by atoms with Crippen molar-refractivity contribution in [3.63, 3.8) is 0 Å². The number of non-ortho nitro benzene ring substituents is 1. The maximum atomic E-state index is 13.5. The van der Waals surface area contributed by atoms with Gasteiger partial charge >= 0.3 is 5.97 Å². The minimum absolute atomic E-state index is 0.0112. The van der Waals surface area contributed by atoms with E-state index in [4.69, 9.17) is 33.3 Å². The van der Waals surface area contributed by atoms with Gasteiger partial charge in [0.1, 0.15) is 24.6 Å². The van der Waals surface area contributed by atoms with Crippen LogP contribution < -0.4 is 9.64 Å². The summed E-state index contributed by atoms with van der Waals surface area (Å²) < 4.78 is 12.4. The Balaban J connectivity index is 1.62. The molecule has 1 saturated heterocycles. The van der Waals surface area contributed by atoms with E-state index in [1.54, 1.807) is 42.5 Å². The lowest BCUT2D eigenvalue weighted by Gasteiger charge is -2.19. The number of carbonyl (C=O) groups is 2. The summed E-state index contributed by atoms with van der Waals surface area (Å²) in [5, 5.41) is 11.5. The van der Waals surface area contributed by atoms with E-state index in [2.05, 4.69) is 45.2 Å². The molecule has 0 atom stereocenters. The number of nitro groups is 1. The number of halogens is 3. The monoisotopic (exact) mass is 789 g/mol. The number of esters is 1. The molecule has 0 aliphatic carbocycles. The number of amides is 1. The number of nitro benzene ring substituents is 1. The predicted octanol–water partition coefficient (Wildman–Crippen LogP) is 6.18. The largest absolute Gasteiger partial charge is 0.487 e. The zero-order valence-electron chi connectivity index (χ0n) is 20.1. The Bertz CT molecular complexity index is 1480. The second-order valence-corrected chi connectivity index (χ2v) is 11.2. The van der Waals surface area contributed by atoms with Crippen molar-refractivity contribution in [2.24, 2.45) is 0 Å². The molecule has 0 bridgehead atoms. The topological polar surface area (TPSA) is 102 Å². The van der Waals surface area contributed by atoms with Crippen LogP contribution in [0.2, 0.25) is 5.02 Å². The van der Waals surface area contributed by atoms with Gasteiger partial charge in [-0.1, -0.05) is 11.6 Å². The molecule has 1 aliphatic heterocycles. The fraction of sp³-hybridized carbons (Fsp3) is 0.115. The number of benzene rings is 3. The van der Waals surface area contributed by atoms with Gasteiger partial charge in [-0.2, -0.15) is 0 Å². The van der Waals surface area contributed by atoms with Crippen molar-refractivity contribution in [3.05, 3.63) is 99.8 Å². The number of carbonyl (C=O) groups excluding carboxylic acids is 2. The quantitative estimate of drug-likeness (QED) is 0.0667. The van der Waals surface area contributed by atoms with E-state index in [-0.39, 0.29) is 29.6 Å². The van der Waals surface area contributed by atoms with Crippen LogP contribution in [0.15, 0.2) is 66.4 Å². The number of thiocarbonyl (C=S) groups is 1. The van der Waals surface area contributed by atoms with Crippen LogP contribution in [0, 0.1) is 17.3 Å². The van der Waals surface area contributed by atoms with Crippen LogP contribution >= 0.6 is 69.0 Å². The molecule has 1 aliphatic rings. The minimum atomic E-state index is -0.548. The lowest BCUT2D eigenvalue weighted by Crippen LogP contribution is -2.35. The highest BCUT2D eigenvalue weighted by molar-refractivity contribution is 14.1. The van der Waals surface area contributed by atoms with Crippen LogP contribution in [0.5, 0.6) is 5.75 Å². The molecule has 1 heterocycles. The Morgan fingerprint density at radius 3 is 2.28 bits per heavy atom. The number of hydrogen-bond donors (Lipinski definition) is 0. The highest BCUT2D eigenvalue weighted by atomic mass is 127. The summed E-state index contributed by atoms with van der Waals surface area (Å²) in [6.45, 7) is -0.0121. The molecule has 0 unspecified atom stereocenters. The molecule has 0 aromatic heterocycles. The first-order chi connectivity index (χ1) is 18.6. The average molecular weight is 790 g/mol. The molecule has 13 heteroatoms. The number of nitrogens with zero attached hydrogens (tertiary/aromatic N) is 3. The molecule has 200 valence electrons. The van der Waals surface area contributed by atoms with E-state index in [0.29, 0.717) is 22.0 Å². The second kappa shape index (κ2) is 12.6. The molecular formula is C26H18ClI2N3O6S. The maximum absolute atomic E-state index is 13.5.